The van der Waals surface area contributed by atoms with E-state index in [9.17, 15) is 4.79 Å². The van der Waals surface area contributed by atoms with E-state index < -0.39 is 6.04 Å². The summed E-state index contributed by atoms with van der Waals surface area (Å²) < 4.78 is 6.20. The minimum Gasteiger partial charge on any atom is -0.493 e. The summed E-state index contributed by atoms with van der Waals surface area (Å²) in [4.78, 5) is 12.1. The highest BCUT2D eigenvalue weighted by atomic mass is 16.5. The highest BCUT2D eigenvalue weighted by molar-refractivity contribution is 5.81. The Bertz CT molecular complexity index is 667. The molecule has 4 heteroatoms. The van der Waals surface area contributed by atoms with Crippen LogP contribution in [-0.2, 0) is 15.6 Å². The molecule has 2 atom stereocenters. The predicted molar refractivity (Wildman–Crippen MR) is 128 cm³/mol. The lowest BCUT2D eigenvalue weighted by Crippen LogP contribution is -2.44. The molecule has 1 amide bonds. The van der Waals surface area contributed by atoms with Gasteiger partial charge in [0.2, 0.25) is 5.91 Å². The molecule has 0 unspecified atom stereocenters. The van der Waals surface area contributed by atoms with Gasteiger partial charge in [0.1, 0.15) is 5.75 Å². The lowest BCUT2D eigenvalue weighted by atomic mass is 9.76. The van der Waals surface area contributed by atoms with Crippen molar-refractivity contribution >= 4 is 5.91 Å². The Hall–Kier alpha value is -1.55. The Morgan fingerprint density at radius 1 is 1.07 bits per heavy atom. The van der Waals surface area contributed by atoms with Crippen LogP contribution in [0, 0.1) is 5.92 Å². The number of nitrogens with one attached hydrogen (secondary N) is 1. The molecule has 0 bridgehead atoms. The van der Waals surface area contributed by atoms with Gasteiger partial charge in [0.15, 0.2) is 0 Å². The largest absolute Gasteiger partial charge is 0.493 e. The molecule has 30 heavy (non-hydrogen) atoms. The number of ether oxygens (including phenoxy) is 1. The summed E-state index contributed by atoms with van der Waals surface area (Å²) in [6.07, 6.45) is 4.85. The minimum absolute atomic E-state index is 0.0497. The fourth-order valence-corrected chi connectivity index (χ4v) is 3.25. The lowest BCUT2D eigenvalue weighted by Gasteiger charge is -2.30. The monoisotopic (exact) mass is 418 g/mol. The average molecular weight is 419 g/mol. The summed E-state index contributed by atoms with van der Waals surface area (Å²) in [5, 5.41) is 2.95. The predicted octanol–water partition coefficient (Wildman–Crippen LogP) is 5.71. The smallest absolute Gasteiger partial charge is 0.237 e. The number of rotatable bonds is 13. The average Bonchev–Trinajstić information content (AvgIpc) is 2.74. The van der Waals surface area contributed by atoms with Crippen molar-refractivity contribution in [3.05, 3.63) is 29.3 Å². The molecule has 0 spiro atoms. The van der Waals surface area contributed by atoms with Crippen molar-refractivity contribution in [3.8, 4) is 5.75 Å². The van der Waals surface area contributed by atoms with E-state index >= 15 is 0 Å². The van der Waals surface area contributed by atoms with E-state index in [4.69, 9.17) is 10.5 Å². The molecule has 0 saturated heterocycles. The first-order valence-electron chi connectivity index (χ1n) is 11.8. The molecule has 0 aliphatic heterocycles. The zero-order chi connectivity index (χ0) is 22.9. The second-order valence-electron chi connectivity index (χ2n) is 9.94. The molecule has 1 rings (SSSR count). The molecule has 0 aromatic heterocycles. The molecule has 1 aromatic carbocycles. The Morgan fingerprint density at radius 3 is 2.27 bits per heavy atom. The lowest BCUT2D eigenvalue weighted by molar-refractivity contribution is -0.123. The van der Waals surface area contributed by atoms with E-state index in [2.05, 4.69) is 72.0 Å². The van der Waals surface area contributed by atoms with Gasteiger partial charge in [-0.15, -0.1) is 0 Å². The molecule has 0 radical (unpaired) electrons. The fraction of sp³-hybridized carbons (Fsp3) is 0.731. The van der Waals surface area contributed by atoms with Crippen molar-refractivity contribution in [2.24, 2.45) is 11.7 Å². The summed E-state index contributed by atoms with van der Waals surface area (Å²) in [6, 6.07) is 6.28. The second kappa shape index (κ2) is 11.7. The number of carbonyl (C=O) groups excluding carboxylic acids is 1. The first kappa shape index (κ1) is 26.5. The third-order valence-electron chi connectivity index (χ3n) is 6.95. The van der Waals surface area contributed by atoms with Crippen LogP contribution in [-0.4, -0.2) is 25.1 Å². The summed E-state index contributed by atoms with van der Waals surface area (Å²) >= 11 is 0. The Kier molecular flexibility index (Phi) is 10.4. The van der Waals surface area contributed by atoms with Gasteiger partial charge in [0, 0.05) is 12.1 Å². The fourth-order valence-electron chi connectivity index (χ4n) is 3.25. The first-order valence-corrected chi connectivity index (χ1v) is 11.8. The maximum Gasteiger partial charge on any atom is 0.237 e. The van der Waals surface area contributed by atoms with E-state index in [0.717, 1.165) is 37.9 Å². The Labute approximate surface area is 185 Å². The maximum absolute atomic E-state index is 12.1. The van der Waals surface area contributed by atoms with Crippen LogP contribution in [0.1, 0.15) is 98.6 Å². The van der Waals surface area contributed by atoms with Crippen LogP contribution in [0.4, 0.5) is 0 Å². The standard InChI is InChI=1S/C26H46N2O2/c1-9-19(4)23(27)24(29)28-16-12-13-17-30-22-15-14-20(25(5,6)10-2)18-21(22)26(7,8)11-3/h14-15,18-19,23H,9-13,16-17,27H2,1-8H3,(H,28,29)/t19-,23+/m1/s1. The third kappa shape index (κ3) is 7.30. The molecule has 0 aliphatic carbocycles. The first-order chi connectivity index (χ1) is 14.0. The molecule has 4 nitrogen and oxygen atoms in total. The van der Waals surface area contributed by atoms with Gasteiger partial charge in [-0.1, -0.05) is 73.9 Å². The second-order valence-corrected chi connectivity index (χ2v) is 9.94. The topological polar surface area (TPSA) is 64.4 Å². The summed E-state index contributed by atoms with van der Waals surface area (Å²) in [6.45, 7) is 19.0. The zero-order valence-electron chi connectivity index (χ0n) is 20.7. The van der Waals surface area contributed by atoms with Crippen molar-refractivity contribution in [3.63, 3.8) is 0 Å². The molecular formula is C26H46N2O2. The number of benzene rings is 1. The van der Waals surface area contributed by atoms with Gasteiger partial charge in [-0.05, 0) is 54.1 Å². The molecule has 0 saturated carbocycles. The number of hydrogen-bond acceptors (Lipinski definition) is 3. The highest BCUT2D eigenvalue weighted by Gasteiger charge is 2.26. The van der Waals surface area contributed by atoms with Crippen molar-refractivity contribution in [2.45, 2.75) is 104 Å². The third-order valence-corrected chi connectivity index (χ3v) is 6.95. The van der Waals surface area contributed by atoms with Crippen LogP contribution in [0.25, 0.3) is 0 Å². The molecule has 0 fully saturated rings. The number of unbranched alkanes of at least 4 members (excludes halogenated alkanes) is 1. The van der Waals surface area contributed by atoms with E-state index in [1.807, 2.05) is 6.92 Å². The summed E-state index contributed by atoms with van der Waals surface area (Å²) in [5.41, 5.74) is 8.86. The number of nitrogens with two attached hydrogens (primary N) is 1. The van der Waals surface area contributed by atoms with Gasteiger partial charge in [-0.2, -0.15) is 0 Å². The number of hydrogen-bond donors (Lipinski definition) is 2. The van der Waals surface area contributed by atoms with E-state index in [1.165, 1.54) is 11.1 Å². The zero-order valence-corrected chi connectivity index (χ0v) is 20.7. The van der Waals surface area contributed by atoms with Crippen LogP contribution in [0.5, 0.6) is 5.75 Å². The quantitative estimate of drug-likeness (QED) is 0.403. The van der Waals surface area contributed by atoms with Gasteiger partial charge >= 0.3 is 0 Å². The van der Waals surface area contributed by atoms with Crippen LogP contribution >= 0.6 is 0 Å². The van der Waals surface area contributed by atoms with Crippen molar-refractivity contribution in [1.82, 2.24) is 5.32 Å². The number of amides is 1. The molecule has 1 aromatic rings. The van der Waals surface area contributed by atoms with Crippen LogP contribution < -0.4 is 15.8 Å². The van der Waals surface area contributed by atoms with Crippen molar-refractivity contribution in [2.75, 3.05) is 13.2 Å². The highest BCUT2D eigenvalue weighted by Crippen LogP contribution is 2.38. The molecule has 0 aliphatic rings. The van der Waals surface area contributed by atoms with Gasteiger partial charge in [0.05, 0.1) is 12.6 Å². The molecule has 0 heterocycles. The normalized spacial score (nSPS) is 14.3. The number of carbonyl (C=O) groups is 1. The van der Waals surface area contributed by atoms with Crippen molar-refractivity contribution < 1.29 is 9.53 Å². The van der Waals surface area contributed by atoms with Gasteiger partial charge in [-0.25, -0.2) is 0 Å². The summed E-state index contributed by atoms with van der Waals surface area (Å²) in [7, 11) is 0. The van der Waals surface area contributed by atoms with Gasteiger partial charge < -0.3 is 15.8 Å². The molecule has 3 N–H and O–H groups in total. The molecular weight excluding hydrogens is 372 g/mol. The van der Waals surface area contributed by atoms with Crippen molar-refractivity contribution in [1.29, 1.82) is 0 Å². The van der Waals surface area contributed by atoms with Crippen LogP contribution in [0.3, 0.4) is 0 Å². The summed E-state index contributed by atoms with van der Waals surface area (Å²) in [5.74, 6) is 1.14. The Balaban J connectivity index is 2.66. The molecule has 172 valence electrons. The van der Waals surface area contributed by atoms with Crippen LogP contribution in [0.2, 0.25) is 0 Å². The van der Waals surface area contributed by atoms with Gasteiger partial charge in [-0.3, -0.25) is 4.79 Å². The van der Waals surface area contributed by atoms with E-state index in [1.54, 1.807) is 0 Å². The van der Waals surface area contributed by atoms with E-state index in [-0.39, 0.29) is 22.7 Å². The van der Waals surface area contributed by atoms with E-state index in [0.29, 0.717) is 13.2 Å². The van der Waals surface area contributed by atoms with Crippen LogP contribution in [0.15, 0.2) is 18.2 Å². The Morgan fingerprint density at radius 2 is 1.70 bits per heavy atom. The van der Waals surface area contributed by atoms with Gasteiger partial charge in [0.25, 0.3) is 0 Å². The SMILES string of the molecule is CC[C@@H](C)[C@H](N)C(=O)NCCCCOc1ccc(C(C)(C)CC)cc1C(C)(C)CC. The maximum atomic E-state index is 12.1. The minimum atomic E-state index is -0.420.